The second kappa shape index (κ2) is 6.45. The summed E-state index contributed by atoms with van der Waals surface area (Å²) in [5, 5.41) is 8.47. The molecule has 0 amide bonds. The van der Waals surface area contributed by atoms with Gasteiger partial charge >= 0.3 is 0 Å². The SMILES string of the molecule is COc1ccc(C2C3=C(Nc4ncnn42)c2cc(Cl)ccc2OC3)cc1OC. The van der Waals surface area contributed by atoms with Crippen LogP contribution in [-0.2, 0) is 0 Å². The number of nitrogens with zero attached hydrogens (tertiary/aromatic N) is 3. The minimum Gasteiger partial charge on any atom is -0.493 e. The molecule has 2 aliphatic heterocycles. The zero-order valence-corrected chi connectivity index (χ0v) is 16.0. The molecule has 0 radical (unpaired) electrons. The monoisotopic (exact) mass is 396 g/mol. The molecule has 3 aromatic rings. The van der Waals surface area contributed by atoms with E-state index in [0.717, 1.165) is 28.1 Å². The number of anilines is 1. The fraction of sp³-hybridized carbons (Fsp3) is 0.200. The largest absolute Gasteiger partial charge is 0.493 e. The maximum absolute atomic E-state index is 6.24. The number of aromatic nitrogens is 3. The van der Waals surface area contributed by atoms with Crippen molar-refractivity contribution in [2.24, 2.45) is 0 Å². The molecule has 2 aliphatic rings. The number of nitrogens with one attached hydrogen (secondary N) is 1. The first-order valence-corrected chi connectivity index (χ1v) is 9.11. The standard InChI is InChI=1S/C20H17ClN4O3/c1-26-16-5-3-11(7-17(16)27-2)19-14-9-28-15-6-4-12(21)8-13(15)18(14)24-20-22-10-23-25(19)20/h3-8,10,19H,9H2,1-2H3,(H,22,23,24). The highest BCUT2D eigenvalue weighted by Crippen LogP contribution is 2.45. The molecular formula is C20H17ClN4O3. The van der Waals surface area contributed by atoms with Crippen LogP contribution in [0.15, 0.2) is 48.3 Å². The maximum Gasteiger partial charge on any atom is 0.226 e. The Balaban J connectivity index is 1.71. The molecule has 28 heavy (non-hydrogen) atoms. The zero-order valence-electron chi connectivity index (χ0n) is 15.3. The second-order valence-electron chi connectivity index (χ2n) is 6.50. The molecule has 0 spiro atoms. The van der Waals surface area contributed by atoms with Gasteiger partial charge in [0, 0.05) is 16.2 Å². The van der Waals surface area contributed by atoms with Gasteiger partial charge in [-0.2, -0.15) is 10.1 Å². The third kappa shape index (κ3) is 2.51. The van der Waals surface area contributed by atoms with E-state index in [2.05, 4.69) is 15.4 Å². The minimum absolute atomic E-state index is 0.194. The Kier molecular flexibility index (Phi) is 3.91. The molecule has 0 aliphatic carbocycles. The molecule has 0 saturated carbocycles. The second-order valence-corrected chi connectivity index (χ2v) is 6.94. The van der Waals surface area contributed by atoms with E-state index in [0.29, 0.717) is 29.1 Å². The van der Waals surface area contributed by atoms with Crippen molar-refractivity contribution < 1.29 is 14.2 Å². The molecule has 1 unspecified atom stereocenters. The molecule has 1 atom stereocenters. The third-order valence-corrected chi connectivity index (χ3v) is 5.26. The number of methoxy groups -OCH3 is 2. The predicted octanol–water partition coefficient (Wildman–Crippen LogP) is 3.77. The third-order valence-electron chi connectivity index (χ3n) is 5.02. The fourth-order valence-corrected chi connectivity index (χ4v) is 3.91. The Morgan fingerprint density at radius 1 is 1.14 bits per heavy atom. The summed E-state index contributed by atoms with van der Waals surface area (Å²) in [6.45, 7) is 0.426. The van der Waals surface area contributed by atoms with E-state index < -0.39 is 0 Å². The van der Waals surface area contributed by atoms with Gasteiger partial charge in [0.05, 0.1) is 19.9 Å². The van der Waals surface area contributed by atoms with E-state index in [4.69, 9.17) is 25.8 Å². The van der Waals surface area contributed by atoms with Crippen LogP contribution in [0, 0.1) is 0 Å². The van der Waals surface area contributed by atoms with E-state index in [1.165, 1.54) is 6.33 Å². The average Bonchev–Trinajstić information content (AvgIpc) is 3.19. The quantitative estimate of drug-likeness (QED) is 0.726. The normalized spacial score (nSPS) is 17.0. The van der Waals surface area contributed by atoms with Gasteiger partial charge in [0.15, 0.2) is 11.5 Å². The molecule has 142 valence electrons. The van der Waals surface area contributed by atoms with Crippen molar-refractivity contribution in [3.63, 3.8) is 0 Å². The summed E-state index contributed by atoms with van der Waals surface area (Å²) in [6.07, 6.45) is 1.54. The van der Waals surface area contributed by atoms with Crippen molar-refractivity contribution in [2.75, 3.05) is 26.1 Å². The Bertz CT molecular complexity index is 1110. The lowest BCUT2D eigenvalue weighted by molar-refractivity contribution is 0.327. The first-order chi connectivity index (χ1) is 13.7. The van der Waals surface area contributed by atoms with Gasteiger partial charge in [-0.25, -0.2) is 4.68 Å². The lowest BCUT2D eigenvalue weighted by atomic mass is 9.91. The van der Waals surface area contributed by atoms with Gasteiger partial charge < -0.3 is 19.5 Å². The topological polar surface area (TPSA) is 70.4 Å². The summed E-state index contributed by atoms with van der Waals surface area (Å²) in [6, 6.07) is 11.3. The number of benzene rings is 2. The summed E-state index contributed by atoms with van der Waals surface area (Å²) in [5.74, 6) is 2.77. The van der Waals surface area contributed by atoms with Gasteiger partial charge in [0.1, 0.15) is 24.7 Å². The molecule has 7 nitrogen and oxygen atoms in total. The van der Waals surface area contributed by atoms with Crippen LogP contribution in [-0.4, -0.2) is 35.6 Å². The van der Waals surface area contributed by atoms with Crippen molar-refractivity contribution in [3.8, 4) is 17.2 Å². The number of ether oxygens (including phenoxy) is 3. The molecule has 1 N–H and O–H groups in total. The van der Waals surface area contributed by atoms with Crippen LogP contribution in [0.4, 0.5) is 5.95 Å². The highest BCUT2D eigenvalue weighted by atomic mass is 35.5. The van der Waals surface area contributed by atoms with Crippen LogP contribution < -0.4 is 19.5 Å². The molecule has 0 fully saturated rings. The van der Waals surface area contributed by atoms with E-state index >= 15 is 0 Å². The number of halogens is 1. The van der Waals surface area contributed by atoms with Gasteiger partial charge in [-0.3, -0.25) is 0 Å². The molecule has 2 aromatic carbocycles. The Labute approximate surface area is 166 Å². The number of rotatable bonds is 3. The van der Waals surface area contributed by atoms with E-state index in [1.807, 2.05) is 41.1 Å². The van der Waals surface area contributed by atoms with E-state index in [1.54, 1.807) is 14.2 Å². The summed E-state index contributed by atoms with van der Waals surface area (Å²) in [4.78, 5) is 4.37. The average molecular weight is 397 g/mol. The van der Waals surface area contributed by atoms with Crippen LogP contribution in [0.3, 0.4) is 0 Å². The molecule has 3 heterocycles. The van der Waals surface area contributed by atoms with Crippen LogP contribution in [0.1, 0.15) is 17.2 Å². The molecular weight excluding hydrogens is 380 g/mol. The fourth-order valence-electron chi connectivity index (χ4n) is 3.74. The van der Waals surface area contributed by atoms with Crippen molar-refractivity contribution >= 4 is 23.2 Å². The first kappa shape index (κ1) is 16.9. The Morgan fingerprint density at radius 3 is 2.82 bits per heavy atom. The van der Waals surface area contributed by atoms with Gasteiger partial charge in [-0.05, 0) is 35.9 Å². The van der Waals surface area contributed by atoms with Crippen molar-refractivity contribution in [1.29, 1.82) is 0 Å². The van der Waals surface area contributed by atoms with E-state index in [-0.39, 0.29) is 6.04 Å². The summed E-state index contributed by atoms with van der Waals surface area (Å²) in [5.41, 5.74) is 3.89. The smallest absolute Gasteiger partial charge is 0.226 e. The Morgan fingerprint density at radius 2 is 2.00 bits per heavy atom. The molecule has 0 saturated heterocycles. The van der Waals surface area contributed by atoms with Crippen molar-refractivity contribution in [2.45, 2.75) is 6.04 Å². The highest BCUT2D eigenvalue weighted by molar-refractivity contribution is 6.30. The van der Waals surface area contributed by atoms with Crippen LogP contribution in [0.25, 0.3) is 5.70 Å². The van der Waals surface area contributed by atoms with Gasteiger partial charge in [0.25, 0.3) is 0 Å². The van der Waals surface area contributed by atoms with Gasteiger partial charge in [0.2, 0.25) is 5.95 Å². The van der Waals surface area contributed by atoms with Crippen LogP contribution in [0.5, 0.6) is 17.2 Å². The molecule has 0 bridgehead atoms. The van der Waals surface area contributed by atoms with Crippen LogP contribution >= 0.6 is 11.6 Å². The van der Waals surface area contributed by atoms with Crippen molar-refractivity contribution in [1.82, 2.24) is 14.8 Å². The highest BCUT2D eigenvalue weighted by Gasteiger charge is 2.35. The lowest BCUT2D eigenvalue weighted by Crippen LogP contribution is -2.30. The molecule has 5 rings (SSSR count). The number of hydrogen-bond acceptors (Lipinski definition) is 6. The molecule has 8 heteroatoms. The van der Waals surface area contributed by atoms with Gasteiger partial charge in [-0.1, -0.05) is 17.7 Å². The molecule has 1 aromatic heterocycles. The summed E-state index contributed by atoms with van der Waals surface area (Å²) in [7, 11) is 3.24. The maximum atomic E-state index is 6.24. The first-order valence-electron chi connectivity index (χ1n) is 8.74. The Hall–Kier alpha value is -3.19. The summed E-state index contributed by atoms with van der Waals surface area (Å²) < 4.78 is 18.7. The summed E-state index contributed by atoms with van der Waals surface area (Å²) >= 11 is 6.24. The number of hydrogen-bond donors (Lipinski definition) is 1. The predicted molar refractivity (Wildman–Crippen MR) is 105 cm³/mol. The van der Waals surface area contributed by atoms with Gasteiger partial charge in [-0.15, -0.1) is 0 Å². The van der Waals surface area contributed by atoms with E-state index in [9.17, 15) is 0 Å². The minimum atomic E-state index is -0.194. The zero-order chi connectivity index (χ0) is 19.3. The van der Waals surface area contributed by atoms with Crippen LogP contribution in [0.2, 0.25) is 5.02 Å². The lowest BCUT2D eigenvalue weighted by Gasteiger charge is -2.34. The number of fused-ring (bicyclic) bond motifs is 3. The van der Waals surface area contributed by atoms with Crippen molar-refractivity contribution in [3.05, 3.63) is 64.4 Å².